The molecule has 0 heterocycles. The number of aldehydes is 1. The van der Waals surface area contributed by atoms with Crippen molar-refractivity contribution in [2.75, 3.05) is 13.7 Å². The van der Waals surface area contributed by atoms with Crippen LogP contribution < -0.4 is 14.8 Å². The predicted molar refractivity (Wildman–Crippen MR) is 79.5 cm³/mol. The Morgan fingerprint density at radius 2 is 2.15 bits per heavy atom. The minimum Gasteiger partial charge on any atom is -0.493 e. The predicted octanol–water partition coefficient (Wildman–Crippen LogP) is 2.56. The van der Waals surface area contributed by atoms with E-state index < -0.39 is 0 Å². The van der Waals surface area contributed by atoms with E-state index in [1.807, 2.05) is 13.8 Å². The van der Waals surface area contributed by atoms with Crippen LogP contribution in [0.25, 0.3) is 0 Å². The molecule has 1 N–H and O–H groups in total. The molecule has 5 nitrogen and oxygen atoms in total. The van der Waals surface area contributed by atoms with Crippen molar-refractivity contribution >= 4 is 28.1 Å². The van der Waals surface area contributed by atoms with Gasteiger partial charge in [-0.15, -0.1) is 0 Å². The van der Waals surface area contributed by atoms with E-state index >= 15 is 0 Å². The van der Waals surface area contributed by atoms with Crippen molar-refractivity contribution in [3.05, 3.63) is 22.2 Å². The summed E-state index contributed by atoms with van der Waals surface area (Å²) in [7, 11) is 1.49. The Hall–Kier alpha value is -1.56. The van der Waals surface area contributed by atoms with Gasteiger partial charge in [0.25, 0.3) is 5.91 Å². The number of carbonyl (C=O) groups excluding carboxylic acids is 2. The van der Waals surface area contributed by atoms with Gasteiger partial charge in [0.1, 0.15) is 0 Å². The van der Waals surface area contributed by atoms with Crippen LogP contribution >= 0.6 is 15.9 Å². The highest BCUT2D eigenvalue weighted by Crippen LogP contribution is 2.32. The Balaban J connectivity index is 2.76. The molecule has 0 spiro atoms. The third kappa shape index (κ3) is 4.52. The van der Waals surface area contributed by atoms with Gasteiger partial charge < -0.3 is 14.8 Å². The van der Waals surface area contributed by atoms with Gasteiger partial charge in [-0.25, -0.2) is 0 Å². The molecule has 0 saturated carbocycles. The van der Waals surface area contributed by atoms with Gasteiger partial charge in [0.15, 0.2) is 24.4 Å². The monoisotopic (exact) mass is 343 g/mol. The lowest BCUT2D eigenvalue weighted by molar-refractivity contribution is -0.123. The van der Waals surface area contributed by atoms with Crippen molar-refractivity contribution in [1.82, 2.24) is 5.32 Å². The Morgan fingerprint density at radius 3 is 2.70 bits per heavy atom. The van der Waals surface area contributed by atoms with Crippen LogP contribution in [0, 0.1) is 0 Å². The molecule has 0 fully saturated rings. The highest BCUT2D eigenvalue weighted by Gasteiger charge is 2.12. The third-order valence-corrected chi connectivity index (χ3v) is 3.48. The maximum Gasteiger partial charge on any atom is 0.258 e. The molecule has 110 valence electrons. The maximum atomic E-state index is 11.7. The van der Waals surface area contributed by atoms with Gasteiger partial charge in [0, 0.05) is 16.1 Å². The second-order valence-corrected chi connectivity index (χ2v) is 5.16. The van der Waals surface area contributed by atoms with Crippen molar-refractivity contribution in [1.29, 1.82) is 0 Å². The van der Waals surface area contributed by atoms with Gasteiger partial charge in [-0.3, -0.25) is 9.59 Å². The number of halogens is 1. The number of hydrogen-bond acceptors (Lipinski definition) is 4. The lowest BCUT2D eigenvalue weighted by Crippen LogP contribution is -2.35. The number of benzene rings is 1. The molecule has 0 aliphatic heterocycles. The van der Waals surface area contributed by atoms with Gasteiger partial charge >= 0.3 is 0 Å². The lowest BCUT2D eigenvalue weighted by Gasteiger charge is -2.14. The first-order valence-electron chi connectivity index (χ1n) is 6.26. The molecular formula is C14H18BrNO4. The highest BCUT2D eigenvalue weighted by atomic mass is 79.9. The van der Waals surface area contributed by atoms with Crippen LogP contribution in [-0.2, 0) is 4.79 Å². The molecule has 0 bridgehead atoms. The quantitative estimate of drug-likeness (QED) is 0.772. The maximum absolute atomic E-state index is 11.7. The topological polar surface area (TPSA) is 64.6 Å². The van der Waals surface area contributed by atoms with E-state index in [1.165, 1.54) is 13.2 Å². The molecule has 0 saturated heterocycles. The number of hydrogen-bond donors (Lipinski definition) is 1. The summed E-state index contributed by atoms with van der Waals surface area (Å²) in [6.07, 6.45) is 1.55. The molecule has 20 heavy (non-hydrogen) atoms. The summed E-state index contributed by atoms with van der Waals surface area (Å²) in [4.78, 5) is 22.5. The van der Waals surface area contributed by atoms with Crippen LogP contribution in [0.1, 0.15) is 30.6 Å². The summed E-state index contributed by atoms with van der Waals surface area (Å²) in [5.41, 5.74) is 0.433. The van der Waals surface area contributed by atoms with E-state index in [9.17, 15) is 9.59 Å². The van der Waals surface area contributed by atoms with Crippen LogP contribution in [-0.4, -0.2) is 32.0 Å². The van der Waals surface area contributed by atoms with Crippen LogP contribution in [0.4, 0.5) is 0 Å². The standard InChI is InChI=1S/C14H18BrNO4/c1-4-9(2)16-14(18)8-20-13-5-10(7-17)11(15)6-12(13)19-3/h5-7,9H,4,8H2,1-3H3,(H,16,18)/t9-/m0/s1. The molecule has 6 heteroatoms. The van der Waals surface area contributed by atoms with E-state index in [1.54, 1.807) is 6.07 Å². The van der Waals surface area contributed by atoms with E-state index in [2.05, 4.69) is 21.2 Å². The van der Waals surface area contributed by atoms with E-state index in [-0.39, 0.29) is 18.6 Å². The Kier molecular flexibility index (Phi) is 6.51. The Labute approximate surface area is 126 Å². The summed E-state index contributed by atoms with van der Waals surface area (Å²) >= 11 is 3.26. The van der Waals surface area contributed by atoms with E-state index in [0.717, 1.165) is 6.42 Å². The summed E-state index contributed by atoms with van der Waals surface area (Å²) in [5, 5.41) is 2.79. The number of carbonyl (C=O) groups is 2. The molecule has 0 aliphatic carbocycles. The molecule has 0 radical (unpaired) electrons. The largest absolute Gasteiger partial charge is 0.493 e. The fraction of sp³-hybridized carbons (Fsp3) is 0.429. The van der Waals surface area contributed by atoms with Gasteiger partial charge in [0.05, 0.1) is 7.11 Å². The lowest BCUT2D eigenvalue weighted by atomic mass is 10.2. The number of methoxy groups -OCH3 is 1. The Morgan fingerprint density at radius 1 is 1.45 bits per heavy atom. The molecule has 0 aromatic heterocycles. The van der Waals surface area contributed by atoms with Crippen LogP contribution in [0.2, 0.25) is 0 Å². The SMILES string of the molecule is CC[C@H](C)NC(=O)COc1cc(C=O)c(Br)cc1OC. The highest BCUT2D eigenvalue weighted by molar-refractivity contribution is 9.10. The molecule has 1 aromatic carbocycles. The van der Waals surface area contributed by atoms with Crippen LogP contribution in [0.3, 0.4) is 0 Å². The first-order valence-corrected chi connectivity index (χ1v) is 7.06. The number of amides is 1. The molecule has 1 amide bonds. The minimum atomic E-state index is -0.211. The van der Waals surface area contributed by atoms with Crippen molar-refractivity contribution in [3.63, 3.8) is 0 Å². The van der Waals surface area contributed by atoms with Gasteiger partial charge in [-0.1, -0.05) is 6.92 Å². The zero-order chi connectivity index (χ0) is 15.1. The summed E-state index contributed by atoms with van der Waals surface area (Å²) in [6.45, 7) is 3.78. The van der Waals surface area contributed by atoms with Gasteiger partial charge in [0.2, 0.25) is 0 Å². The Bertz CT molecular complexity index is 490. The van der Waals surface area contributed by atoms with Crippen LogP contribution in [0.15, 0.2) is 16.6 Å². The number of rotatable bonds is 7. The minimum absolute atomic E-state index is 0.100. The van der Waals surface area contributed by atoms with Crippen molar-refractivity contribution in [2.45, 2.75) is 26.3 Å². The summed E-state index contributed by atoms with van der Waals surface area (Å²) in [6, 6.07) is 3.27. The first kappa shape index (κ1) is 16.5. The van der Waals surface area contributed by atoms with Crippen molar-refractivity contribution in [3.8, 4) is 11.5 Å². The molecule has 0 unspecified atom stereocenters. The smallest absolute Gasteiger partial charge is 0.258 e. The molecule has 1 atom stereocenters. The fourth-order valence-electron chi connectivity index (χ4n) is 1.48. The summed E-state index contributed by atoms with van der Waals surface area (Å²) in [5.74, 6) is 0.605. The second-order valence-electron chi connectivity index (χ2n) is 4.31. The molecule has 1 aromatic rings. The van der Waals surface area contributed by atoms with Gasteiger partial charge in [-0.05, 0) is 41.4 Å². The molecule has 0 aliphatic rings. The van der Waals surface area contributed by atoms with E-state index in [4.69, 9.17) is 9.47 Å². The normalized spacial score (nSPS) is 11.6. The number of ether oxygens (including phenoxy) is 2. The average Bonchev–Trinajstić information content (AvgIpc) is 2.45. The first-order chi connectivity index (χ1) is 9.51. The molecular weight excluding hydrogens is 326 g/mol. The molecule has 1 rings (SSSR count). The summed E-state index contributed by atoms with van der Waals surface area (Å²) < 4.78 is 11.2. The average molecular weight is 344 g/mol. The van der Waals surface area contributed by atoms with Gasteiger partial charge in [-0.2, -0.15) is 0 Å². The van der Waals surface area contributed by atoms with E-state index in [0.29, 0.717) is 27.8 Å². The number of nitrogens with one attached hydrogen (secondary N) is 1. The second kappa shape index (κ2) is 7.89. The van der Waals surface area contributed by atoms with Crippen LogP contribution in [0.5, 0.6) is 11.5 Å². The fourth-order valence-corrected chi connectivity index (χ4v) is 1.89. The van der Waals surface area contributed by atoms with Crippen molar-refractivity contribution in [2.24, 2.45) is 0 Å². The zero-order valence-electron chi connectivity index (χ0n) is 11.7. The zero-order valence-corrected chi connectivity index (χ0v) is 13.3. The third-order valence-electron chi connectivity index (χ3n) is 2.79. The van der Waals surface area contributed by atoms with Crippen molar-refractivity contribution < 1.29 is 19.1 Å².